The van der Waals surface area contributed by atoms with Crippen molar-refractivity contribution in [2.75, 3.05) is 6.61 Å². The number of aryl methyl sites for hydroxylation is 1. The molecule has 0 bridgehead atoms. The zero-order valence-corrected chi connectivity index (χ0v) is 14.8. The van der Waals surface area contributed by atoms with E-state index in [1.807, 2.05) is 12.1 Å². The number of nitrogens with zero attached hydrogens (tertiary/aromatic N) is 1. The predicted octanol–water partition coefficient (Wildman–Crippen LogP) is 6.00. The third-order valence-corrected chi connectivity index (χ3v) is 4.03. The lowest BCUT2D eigenvalue weighted by Crippen LogP contribution is -2.08. The number of alkyl halides is 1. The molecule has 0 amide bonds. The topological polar surface area (TPSA) is 22.1 Å². The molecule has 2 aromatic rings. The number of unbranched alkanes of at least 4 members (excludes halogenated alkanes) is 4. The standard InChI is InChI=1S/C21H28FNO/c1-3-4-5-6-7-8-18-9-11-19(12-10-18)21-14-13-20(15-23-21)24-16-17(2)22/h9-15,17H,3-8,16H2,1-2H3. The third kappa shape index (κ3) is 6.31. The van der Waals surface area contributed by atoms with Crippen molar-refractivity contribution in [1.82, 2.24) is 4.98 Å². The number of hydrogen-bond acceptors (Lipinski definition) is 2. The Morgan fingerprint density at radius 2 is 1.75 bits per heavy atom. The van der Waals surface area contributed by atoms with Gasteiger partial charge < -0.3 is 4.74 Å². The highest BCUT2D eigenvalue weighted by Gasteiger charge is 2.03. The second-order valence-electron chi connectivity index (χ2n) is 6.33. The van der Waals surface area contributed by atoms with E-state index in [1.165, 1.54) is 44.6 Å². The van der Waals surface area contributed by atoms with Gasteiger partial charge in [-0.15, -0.1) is 0 Å². The van der Waals surface area contributed by atoms with Crippen LogP contribution in [0.3, 0.4) is 0 Å². The van der Waals surface area contributed by atoms with Gasteiger partial charge in [0.25, 0.3) is 0 Å². The summed E-state index contributed by atoms with van der Waals surface area (Å²) in [6.07, 6.45) is 8.37. The summed E-state index contributed by atoms with van der Waals surface area (Å²) >= 11 is 0. The minimum atomic E-state index is -0.973. The summed E-state index contributed by atoms with van der Waals surface area (Å²) in [6, 6.07) is 12.4. The molecular formula is C21H28FNO. The molecule has 0 saturated carbocycles. The molecule has 1 atom stereocenters. The molecule has 1 heterocycles. The number of ether oxygens (including phenoxy) is 1. The van der Waals surface area contributed by atoms with Crippen molar-refractivity contribution in [2.24, 2.45) is 0 Å². The Morgan fingerprint density at radius 1 is 1.00 bits per heavy atom. The van der Waals surface area contributed by atoms with Crippen LogP contribution in [-0.2, 0) is 6.42 Å². The molecule has 2 rings (SSSR count). The van der Waals surface area contributed by atoms with Crippen LogP contribution < -0.4 is 4.74 Å². The fraction of sp³-hybridized carbons (Fsp3) is 0.476. The molecule has 0 saturated heterocycles. The molecule has 0 fully saturated rings. The van der Waals surface area contributed by atoms with Crippen LogP contribution in [-0.4, -0.2) is 17.8 Å². The van der Waals surface area contributed by atoms with Gasteiger partial charge in [0.2, 0.25) is 0 Å². The van der Waals surface area contributed by atoms with Crippen LogP contribution in [0.25, 0.3) is 11.3 Å². The zero-order valence-electron chi connectivity index (χ0n) is 14.8. The molecule has 1 aromatic carbocycles. The van der Waals surface area contributed by atoms with E-state index in [-0.39, 0.29) is 6.61 Å². The van der Waals surface area contributed by atoms with E-state index < -0.39 is 6.17 Å². The number of rotatable bonds is 10. The van der Waals surface area contributed by atoms with Crippen molar-refractivity contribution in [3.05, 3.63) is 48.2 Å². The minimum Gasteiger partial charge on any atom is -0.489 e. The molecule has 0 spiro atoms. The maximum Gasteiger partial charge on any atom is 0.137 e. The Morgan fingerprint density at radius 3 is 2.38 bits per heavy atom. The summed E-state index contributed by atoms with van der Waals surface area (Å²) < 4.78 is 18.1. The highest BCUT2D eigenvalue weighted by atomic mass is 19.1. The smallest absolute Gasteiger partial charge is 0.137 e. The Bertz CT molecular complexity index is 578. The second kappa shape index (κ2) is 10.1. The Kier molecular flexibility index (Phi) is 7.73. The lowest BCUT2D eigenvalue weighted by atomic mass is 10.0. The molecule has 0 aliphatic heterocycles. The van der Waals surface area contributed by atoms with E-state index in [9.17, 15) is 4.39 Å². The molecule has 0 aliphatic carbocycles. The second-order valence-corrected chi connectivity index (χ2v) is 6.33. The van der Waals surface area contributed by atoms with Crippen LogP contribution in [0.15, 0.2) is 42.6 Å². The summed E-state index contributed by atoms with van der Waals surface area (Å²) in [5.74, 6) is 0.604. The first kappa shape index (κ1) is 18.4. The molecule has 3 heteroatoms. The molecule has 1 unspecified atom stereocenters. The summed E-state index contributed by atoms with van der Waals surface area (Å²) in [7, 11) is 0. The Balaban J connectivity index is 1.86. The van der Waals surface area contributed by atoms with Crippen molar-refractivity contribution < 1.29 is 9.13 Å². The normalized spacial score (nSPS) is 12.1. The highest BCUT2D eigenvalue weighted by Crippen LogP contribution is 2.21. The lowest BCUT2D eigenvalue weighted by Gasteiger charge is -2.08. The largest absolute Gasteiger partial charge is 0.489 e. The van der Waals surface area contributed by atoms with E-state index >= 15 is 0 Å². The van der Waals surface area contributed by atoms with Gasteiger partial charge in [0.1, 0.15) is 18.5 Å². The van der Waals surface area contributed by atoms with E-state index in [1.54, 1.807) is 6.20 Å². The van der Waals surface area contributed by atoms with E-state index in [0.29, 0.717) is 5.75 Å². The van der Waals surface area contributed by atoms with Gasteiger partial charge in [-0.1, -0.05) is 56.9 Å². The molecule has 24 heavy (non-hydrogen) atoms. The van der Waals surface area contributed by atoms with Gasteiger partial charge in [-0.2, -0.15) is 0 Å². The first-order valence-electron chi connectivity index (χ1n) is 9.01. The summed E-state index contributed by atoms with van der Waals surface area (Å²) in [6.45, 7) is 3.79. The molecule has 0 aliphatic rings. The lowest BCUT2D eigenvalue weighted by molar-refractivity contribution is 0.209. The summed E-state index contributed by atoms with van der Waals surface area (Å²) in [4.78, 5) is 4.40. The van der Waals surface area contributed by atoms with Gasteiger partial charge in [0.05, 0.1) is 11.9 Å². The van der Waals surface area contributed by atoms with Crippen LogP contribution in [0.2, 0.25) is 0 Å². The van der Waals surface area contributed by atoms with Crippen molar-refractivity contribution in [1.29, 1.82) is 0 Å². The van der Waals surface area contributed by atoms with Gasteiger partial charge in [-0.3, -0.25) is 4.98 Å². The average molecular weight is 329 g/mol. The summed E-state index contributed by atoms with van der Waals surface area (Å²) in [5.41, 5.74) is 3.38. The Labute approximate surface area is 145 Å². The van der Waals surface area contributed by atoms with Gasteiger partial charge in [0, 0.05) is 5.56 Å². The fourth-order valence-corrected chi connectivity index (χ4v) is 2.62. The molecule has 130 valence electrons. The number of aromatic nitrogens is 1. The summed E-state index contributed by atoms with van der Waals surface area (Å²) in [5, 5.41) is 0. The zero-order chi connectivity index (χ0) is 17.2. The fourth-order valence-electron chi connectivity index (χ4n) is 2.62. The molecular weight excluding hydrogens is 301 g/mol. The molecule has 2 nitrogen and oxygen atoms in total. The molecule has 0 N–H and O–H groups in total. The highest BCUT2D eigenvalue weighted by molar-refractivity contribution is 5.59. The number of benzene rings is 1. The number of hydrogen-bond donors (Lipinski definition) is 0. The number of halogens is 1. The van der Waals surface area contributed by atoms with Crippen LogP contribution in [0, 0.1) is 0 Å². The van der Waals surface area contributed by atoms with Crippen molar-refractivity contribution in [2.45, 2.75) is 58.5 Å². The predicted molar refractivity (Wildman–Crippen MR) is 98.2 cm³/mol. The van der Waals surface area contributed by atoms with E-state index in [2.05, 4.69) is 36.2 Å². The maximum atomic E-state index is 12.8. The third-order valence-electron chi connectivity index (χ3n) is 4.03. The average Bonchev–Trinajstić information content (AvgIpc) is 2.61. The van der Waals surface area contributed by atoms with Crippen molar-refractivity contribution >= 4 is 0 Å². The Hall–Kier alpha value is -1.90. The van der Waals surface area contributed by atoms with Gasteiger partial charge in [-0.25, -0.2) is 4.39 Å². The van der Waals surface area contributed by atoms with Gasteiger partial charge in [0.15, 0.2) is 0 Å². The first-order chi connectivity index (χ1) is 11.7. The van der Waals surface area contributed by atoms with Crippen molar-refractivity contribution in [3.8, 4) is 17.0 Å². The van der Waals surface area contributed by atoms with E-state index in [4.69, 9.17) is 4.74 Å². The van der Waals surface area contributed by atoms with E-state index in [0.717, 1.165) is 17.7 Å². The van der Waals surface area contributed by atoms with Crippen LogP contribution in [0.4, 0.5) is 4.39 Å². The van der Waals surface area contributed by atoms with Gasteiger partial charge >= 0.3 is 0 Å². The van der Waals surface area contributed by atoms with Crippen LogP contribution in [0.1, 0.15) is 51.5 Å². The first-order valence-corrected chi connectivity index (χ1v) is 9.01. The van der Waals surface area contributed by atoms with Crippen LogP contribution in [0.5, 0.6) is 5.75 Å². The SMILES string of the molecule is CCCCCCCc1ccc(-c2ccc(OCC(C)F)cn2)cc1. The minimum absolute atomic E-state index is 0.0635. The molecule has 0 radical (unpaired) electrons. The van der Waals surface area contributed by atoms with Crippen LogP contribution >= 0.6 is 0 Å². The van der Waals surface area contributed by atoms with Gasteiger partial charge in [-0.05, 0) is 37.5 Å². The van der Waals surface area contributed by atoms with Crippen molar-refractivity contribution in [3.63, 3.8) is 0 Å². The molecule has 1 aromatic heterocycles. The number of pyridine rings is 1. The monoisotopic (exact) mass is 329 g/mol. The maximum absolute atomic E-state index is 12.8. The quantitative estimate of drug-likeness (QED) is 0.499.